The minimum atomic E-state index is -0.556. The fraction of sp³-hybridized carbons (Fsp3) is 0.556. The summed E-state index contributed by atoms with van der Waals surface area (Å²) >= 11 is 0. The van der Waals surface area contributed by atoms with Crippen LogP contribution in [-0.2, 0) is 9.53 Å². The molecule has 1 aliphatic rings. The van der Waals surface area contributed by atoms with Gasteiger partial charge in [-0.3, -0.25) is 4.79 Å². The topological polar surface area (TPSA) is 59.1 Å². The van der Waals surface area contributed by atoms with Gasteiger partial charge in [0.1, 0.15) is 5.75 Å². The second kappa shape index (κ2) is 8.04. The van der Waals surface area contributed by atoms with Crippen LogP contribution in [0.1, 0.15) is 25.0 Å². The van der Waals surface area contributed by atoms with Crippen LogP contribution in [0.15, 0.2) is 18.2 Å². The van der Waals surface area contributed by atoms with Gasteiger partial charge in [0, 0.05) is 26.2 Å². The Bertz CT molecular complexity index is 595. The summed E-state index contributed by atoms with van der Waals surface area (Å²) in [6, 6.07) is 5.82. The lowest BCUT2D eigenvalue weighted by Crippen LogP contribution is -2.53. The maximum Gasteiger partial charge on any atom is 0.409 e. The van der Waals surface area contributed by atoms with Crippen LogP contribution in [0, 0.1) is 13.8 Å². The Morgan fingerprint density at radius 1 is 1.12 bits per heavy atom. The molecule has 0 aromatic heterocycles. The number of nitrogens with zero attached hydrogens (tertiary/aromatic N) is 2. The highest BCUT2D eigenvalue weighted by atomic mass is 16.6. The van der Waals surface area contributed by atoms with Gasteiger partial charge in [-0.1, -0.05) is 12.1 Å². The summed E-state index contributed by atoms with van der Waals surface area (Å²) in [5, 5.41) is 0. The Hall–Kier alpha value is -2.24. The lowest BCUT2D eigenvalue weighted by atomic mass is 10.1. The molecule has 1 aliphatic heterocycles. The number of hydrogen-bond acceptors (Lipinski definition) is 4. The van der Waals surface area contributed by atoms with E-state index in [1.54, 1.807) is 23.6 Å². The highest BCUT2D eigenvalue weighted by Crippen LogP contribution is 2.22. The van der Waals surface area contributed by atoms with Gasteiger partial charge in [-0.25, -0.2) is 4.79 Å². The largest absolute Gasteiger partial charge is 0.481 e. The molecule has 0 bridgehead atoms. The minimum Gasteiger partial charge on any atom is -0.481 e. The summed E-state index contributed by atoms with van der Waals surface area (Å²) < 4.78 is 10.8. The number of ether oxygens (including phenoxy) is 2. The van der Waals surface area contributed by atoms with Crippen molar-refractivity contribution in [2.45, 2.75) is 33.8 Å². The summed E-state index contributed by atoms with van der Waals surface area (Å²) in [5.74, 6) is 0.681. The van der Waals surface area contributed by atoms with Crippen LogP contribution in [0.3, 0.4) is 0 Å². The number of hydrogen-bond donors (Lipinski definition) is 0. The van der Waals surface area contributed by atoms with Gasteiger partial charge in [0.05, 0.1) is 6.61 Å². The van der Waals surface area contributed by atoms with Gasteiger partial charge < -0.3 is 19.3 Å². The van der Waals surface area contributed by atoms with Crippen LogP contribution in [0.25, 0.3) is 0 Å². The number of amides is 2. The molecule has 0 spiro atoms. The van der Waals surface area contributed by atoms with E-state index in [2.05, 4.69) is 0 Å². The molecule has 0 N–H and O–H groups in total. The molecular weight excluding hydrogens is 308 g/mol. The van der Waals surface area contributed by atoms with Crippen LogP contribution in [0.4, 0.5) is 4.79 Å². The third kappa shape index (κ3) is 4.19. The van der Waals surface area contributed by atoms with Crippen molar-refractivity contribution in [3.05, 3.63) is 29.3 Å². The fourth-order valence-corrected chi connectivity index (χ4v) is 2.67. The van der Waals surface area contributed by atoms with E-state index in [4.69, 9.17) is 9.47 Å². The SMILES string of the molecule is CCOC(=O)N1CCN(C(=O)[C@H](C)Oc2cccc(C)c2C)CC1. The summed E-state index contributed by atoms with van der Waals surface area (Å²) in [6.07, 6.45) is -0.871. The van der Waals surface area contributed by atoms with Crippen LogP contribution in [0.2, 0.25) is 0 Å². The maximum absolute atomic E-state index is 12.6. The standard InChI is InChI=1S/C18H26N2O4/c1-5-23-18(22)20-11-9-19(10-12-20)17(21)15(4)24-16-8-6-7-13(2)14(16)3/h6-8,15H,5,9-12H2,1-4H3/t15-/m0/s1. The summed E-state index contributed by atoms with van der Waals surface area (Å²) in [6.45, 7) is 9.88. The smallest absolute Gasteiger partial charge is 0.409 e. The van der Waals surface area contributed by atoms with Crippen molar-refractivity contribution in [2.75, 3.05) is 32.8 Å². The molecule has 1 fully saturated rings. The highest BCUT2D eigenvalue weighted by Gasteiger charge is 2.28. The van der Waals surface area contributed by atoms with Crippen molar-refractivity contribution >= 4 is 12.0 Å². The summed E-state index contributed by atoms with van der Waals surface area (Å²) in [7, 11) is 0. The number of carbonyl (C=O) groups is 2. The predicted molar refractivity (Wildman–Crippen MR) is 91.2 cm³/mol. The van der Waals surface area contributed by atoms with Gasteiger partial charge in [0.25, 0.3) is 5.91 Å². The zero-order chi connectivity index (χ0) is 17.7. The number of rotatable bonds is 4. The molecular formula is C18H26N2O4. The van der Waals surface area contributed by atoms with Crippen molar-refractivity contribution in [2.24, 2.45) is 0 Å². The van der Waals surface area contributed by atoms with Gasteiger partial charge >= 0.3 is 6.09 Å². The molecule has 0 aliphatic carbocycles. The minimum absolute atomic E-state index is 0.0561. The van der Waals surface area contributed by atoms with Gasteiger partial charge in [-0.2, -0.15) is 0 Å². The van der Waals surface area contributed by atoms with Crippen molar-refractivity contribution < 1.29 is 19.1 Å². The first kappa shape index (κ1) is 18.1. The first-order chi connectivity index (χ1) is 11.4. The van der Waals surface area contributed by atoms with Crippen LogP contribution in [-0.4, -0.2) is 60.7 Å². The normalized spacial score (nSPS) is 15.8. The molecule has 0 radical (unpaired) electrons. The summed E-state index contributed by atoms with van der Waals surface area (Å²) in [5.41, 5.74) is 2.18. The zero-order valence-electron chi connectivity index (χ0n) is 14.9. The van der Waals surface area contributed by atoms with Gasteiger partial charge in [0.2, 0.25) is 0 Å². The van der Waals surface area contributed by atoms with Gasteiger partial charge in [0.15, 0.2) is 6.10 Å². The van der Waals surface area contributed by atoms with Gasteiger partial charge in [-0.15, -0.1) is 0 Å². The lowest BCUT2D eigenvalue weighted by Gasteiger charge is -2.35. The van der Waals surface area contributed by atoms with Crippen LogP contribution < -0.4 is 4.74 Å². The number of benzene rings is 1. The molecule has 6 heteroatoms. The highest BCUT2D eigenvalue weighted by molar-refractivity contribution is 5.81. The van der Waals surface area contributed by atoms with E-state index in [9.17, 15) is 9.59 Å². The van der Waals surface area contributed by atoms with E-state index >= 15 is 0 Å². The molecule has 2 rings (SSSR count). The average molecular weight is 334 g/mol. The van der Waals surface area contributed by atoms with Crippen molar-refractivity contribution in [3.63, 3.8) is 0 Å². The molecule has 132 valence electrons. The molecule has 2 amide bonds. The third-order valence-corrected chi connectivity index (χ3v) is 4.32. The Labute approximate surface area is 143 Å². The van der Waals surface area contributed by atoms with Crippen LogP contribution in [0.5, 0.6) is 5.75 Å². The van der Waals surface area contributed by atoms with E-state index in [-0.39, 0.29) is 12.0 Å². The first-order valence-electron chi connectivity index (χ1n) is 8.37. The zero-order valence-corrected chi connectivity index (χ0v) is 14.9. The fourth-order valence-electron chi connectivity index (χ4n) is 2.67. The lowest BCUT2D eigenvalue weighted by molar-refractivity contribution is -0.139. The quantitative estimate of drug-likeness (QED) is 0.848. The second-order valence-corrected chi connectivity index (χ2v) is 5.97. The Balaban J connectivity index is 1.90. The second-order valence-electron chi connectivity index (χ2n) is 5.97. The Morgan fingerprint density at radius 2 is 1.75 bits per heavy atom. The van der Waals surface area contributed by atoms with Crippen molar-refractivity contribution in [3.8, 4) is 5.75 Å². The average Bonchev–Trinajstić information content (AvgIpc) is 2.58. The Kier molecular flexibility index (Phi) is 6.06. The molecule has 1 aromatic rings. The molecule has 1 aromatic carbocycles. The van der Waals surface area contributed by atoms with E-state index in [0.29, 0.717) is 32.8 Å². The summed E-state index contributed by atoms with van der Waals surface area (Å²) in [4.78, 5) is 27.6. The molecule has 24 heavy (non-hydrogen) atoms. The molecule has 6 nitrogen and oxygen atoms in total. The first-order valence-corrected chi connectivity index (χ1v) is 8.37. The van der Waals surface area contributed by atoms with E-state index in [1.165, 1.54) is 0 Å². The van der Waals surface area contributed by atoms with Crippen molar-refractivity contribution in [1.82, 2.24) is 9.80 Å². The third-order valence-electron chi connectivity index (χ3n) is 4.32. The van der Waals surface area contributed by atoms with E-state index < -0.39 is 6.10 Å². The molecule has 1 atom stereocenters. The predicted octanol–water partition coefficient (Wildman–Crippen LogP) is 2.37. The van der Waals surface area contributed by atoms with Gasteiger partial charge in [-0.05, 0) is 44.9 Å². The van der Waals surface area contributed by atoms with Crippen LogP contribution >= 0.6 is 0 Å². The molecule has 1 saturated heterocycles. The molecule has 0 saturated carbocycles. The molecule has 0 unspecified atom stereocenters. The van der Waals surface area contributed by atoms with E-state index in [1.807, 2.05) is 32.0 Å². The number of piperazine rings is 1. The van der Waals surface area contributed by atoms with Crippen molar-refractivity contribution in [1.29, 1.82) is 0 Å². The molecule has 1 heterocycles. The number of aryl methyl sites for hydroxylation is 1. The maximum atomic E-state index is 12.6. The number of carbonyl (C=O) groups excluding carboxylic acids is 2. The Morgan fingerprint density at radius 3 is 2.38 bits per heavy atom. The van der Waals surface area contributed by atoms with E-state index in [0.717, 1.165) is 16.9 Å². The monoisotopic (exact) mass is 334 g/mol.